The number of rotatable bonds is 4. The maximum atomic E-state index is 10.9. The lowest BCUT2D eigenvalue weighted by atomic mass is 10.1. The number of anilines is 1. The molecule has 0 fully saturated rings. The van der Waals surface area contributed by atoms with Crippen molar-refractivity contribution >= 4 is 11.7 Å². The SMILES string of the molecule is COc1ccc(N(C)C)cc1C(N)C(=O)O. The first kappa shape index (κ1) is 12.3. The maximum Gasteiger partial charge on any atom is 0.325 e. The van der Waals surface area contributed by atoms with E-state index in [1.54, 1.807) is 12.1 Å². The minimum Gasteiger partial charge on any atom is -0.496 e. The fourth-order valence-electron chi connectivity index (χ4n) is 1.38. The van der Waals surface area contributed by atoms with Crippen LogP contribution < -0.4 is 15.4 Å². The van der Waals surface area contributed by atoms with Crippen LogP contribution in [0, 0.1) is 0 Å². The number of nitrogens with two attached hydrogens (primary N) is 1. The predicted molar refractivity (Wildman–Crippen MR) is 61.9 cm³/mol. The molecule has 0 heterocycles. The summed E-state index contributed by atoms with van der Waals surface area (Å²) >= 11 is 0. The number of aliphatic carboxylic acids is 1. The Morgan fingerprint density at radius 2 is 2.12 bits per heavy atom. The number of hydrogen-bond acceptors (Lipinski definition) is 4. The summed E-state index contributed by atoms with van der Waals surface area (Å²) in [5, 5.41) is 8.89. The van der Waals surface area contributed by atoms with Crippen molar-refractivity contribution in [2.24, 2.45) is 5.73 Å². The average Bonchev–Trinajstić information content (AvgIpc) is 2.26. The van der Waals surface area contributed by atoms with Crippen molar-refractivity contribution in [1.29, 1.82) is 0 Å². The number of carbonyl (C=O) groups is 1. The molecular weight excluding hydrogens is 208 g/mol. The fraction of sp³-hybridized carbons (Fsp3) is 0.364. The molecule has 5 nitrogen and oxygen atoms in total. The van der Waals surface area contributed by atoms with E-state index in [9.17, 15) is 4.79 Å². The highest BCUT2D eigenvalue weighted by molar-refractivity contribution is 5.77. The molecule has 1 atom stereocenters. The van der Waals surface area contributed by atoms with Gasteiger partial charge in [0.15, 0.2) is 0 Å². The standard InChI is InChI=1S/C11H16N2O3/c1-13(2)7-4-5-9(16-3)8(6-7)10(12)11(14)15/h4-6,10H,12H2,1-3H3,(H,14,15). The van der Waals surface area contributed by atoms with Crippen molar-refractivity contribution < 1.29 is 14.6 Å². The van der Waals surface area contributed by atoms with Gasteiger partial charge in [-0.25, -0.2) is 0 Å². The molecule has 3 N–H and O–H groups in total. The maximum absolute atomic E-state index is 10.9. The van der Waals surface area contributed by atoms with Gasteiger partial charge < -0.3 is 20.5 Å². The lowest BCUT2D eigenvalue weighted by Crippen LogP contribution is -2.22. The van der Waals surface area contributed by atoms with Gasteiger partial charge in [-0.2, -0.15) is 0 Å². The molecular formula is C11H16N2O3. The molecule has 0 saturated carbocycles. The van der Waals surface area contributed by atoms with E-state index in [-0.39, 0.29) is 0 Å². The minimum absolute atomic E-state index is 0.473. The first-order valence-corrected chi connectivity index (χ1v) is 4.81. The lowest BCUT2D eigenvalue weighted by Gasteiger charge is -2.17. The van der Waals surface area contributed by atoms with Crippen LogP contribution >= 0.6 is 0 Å². The van der Waals surface area contributed by atoms with Crippen molar-refractivity contribution in [2.75, 3.05) is 26.1 Å². The number of carboxylic acids is 1. The first-order valence-electron chi connectivity index (χ1n) is 4.81. The molecule has 0 aliphatic rings. The van der Waals surface area contributed by atoms with Gasteiger partial charge in [-0.15, -0.1) is 0 Å². The molecule has 0 amide bonds. The van der Waals surface area contributed by atoms with E-state index in [1.165, 1.54) is 7.11 Å². The number of benzene rings is 1. The monoisotopic (exact) mass is 224 g/mol. The Morgan fingerprint density at radius 1 is 1.50 bits per heavy atom. The van der Waals surface area contributed by atoms with E-state index >= 15 is 0 Å². The molecule has 1 rings (SSSR count). The van der Waals surface area contributed by atoms with E-state index in [1.807, 2.05) is 25.1 Å². The van der Waals surface area contributed by atoms with E-state index < -0.39 is 12.0 Å². The van der Waals surface area contributed by atoms with Crippen LogP contribution in [-0.4, -0.2) is 32.3 Å². The zero-order valence-corrected chi connectivity index (χ0v) is 9.60. The van der Waals surface area contributed by atoms with Crippen molar-refractivity contribution in [1.82, 2.24) is 0 Å². The van der Waals surface area contributed by atoms with E-state index in [0.29, 0.717) is 11.3 Å². The first-order chi connectivity index (χ1) is 7.47. The van der Waals surface area contributed by atoms with Crippen LogP contribution in [0.3, 0.4) is 0 Å². The molecule has 16 heavy (non-hydrogen) atoms. The second kappa shape index (κ2) is 4.85. The van der Waals surface area contributed by atoms with E-state index in [0.717, 1.165) is 5.69 Å². The molecule has 0 aliphatic heterocycles. The molecule has 0 saturated heterocycles. The Hall–Kier alpha value is -1.75. The number of carboxylic acid groups (broad SMARTS) is 1. The Balaban J connectivity index is 3.21. The van der Waals surface area contributed by atoms with Gasteiger partial charge in [-0.05, 0) is 18.2 Å². The topological polar surface area (TPSA) is 75.8 Å². The normalized spacial score (nSPS) is 12.0. The molecule has 88 valence electrons. The number of ether oxygens (including phenoxy) is 1. The van der Waals surface area contributed by atoms with Crippen LogP contribution in [0.25, 0.3) is 0 Å². The molecule has 1 aromatic rings. The number of methoxy groups -OCH3 is 1. The van der Waals surface area contributed by atoms with Crippen LogP contribution in [-0.2, 0) is 4.79 Å². The minimum atomic E-state index is -1.07. The van der Waals surface area contributed by atoms with Crippen LogP contribution in [0.2, 0.25) is 0 Å². The quantitative estimate of drug-likeness (QED) is 0.792. The summed E-state index contributed by atoms with van der Waals surface area (Å²) in [7, 11) is 5.23. The third kappa shape index (κ3) is 2.43. The Morgan fingerprint density at radius 3 is 2.56 bits per heavy atom. The van der Waals surface area contributed by atoms with Gasteiger partial charge >= 0.3 is 5.97 Å². The van der Waals surface area contributed by atoms with E-state index in [4.69, 9.17) is 15.6 Å². The van der Waals surface area contributed by atoms with Crippen LogP contribution in [0.4, 0.5) is 5.69 Å². The summed E-state index contributed by atoms with van der Waals surface area (Å²) in [5.41, 5.74) is 6.94. The van der Waals surface area contributed by atoms with Gasteiger partial charge in [-0.3, -0.25) is 4.79 Å². The third-order valence-corrected chi connectivity index (χ3v) is 2.33. The second-order valence-electron chi connectivity index (χ2n) is 3.64. The van der Waals surface area contributed by atoms with Crippen molar-refractivity contribution in [3.63, 3.8) is 0 Å². The predicted octanol–water partition coefficient (Wildman–Crippen LogP) is 0.846. The lowest BCUT2D eigenvalue weighted by molar-refractivity contribution is -0.138. The van der Waals surface area contributed by atoms with Gasteiger partial charge in [0.1, 0.15) is 11.8 Å². The molecule has 0 spiro atoms. The van der Waals surface area contributed by atoms with Crippen molar-refractivity contribution in [3.8, 4) is 5.75 Å². The van der Waals surface area contributed by atoms with Gasteiger partial charge in [0.25, 0.3) is 0 Å². The smallest absolute Gasteiger partial charge is 0.325 e. The highest BCUT2D eigenvalue weighted by Crippen LogP contribution is 2.28. The molecule has 0 aliphatic carbocycles. The average molecular weight is 224 g/mol. The highest BCUT2D eigenvalue weighted by atomic mass is 16.5. The van der Waals surface area contributed by atoms with Crippen molar-refractivity contribution in [2.45, 2.75) is 6.04 Å². The Bertz CT molecular complexity index is 391. The van der Waals surface area contributed by atoms with Gasteiger partial charge in [-0.1, -0.05) is 0 Å². The summed E-state index contributed by atoms with van der Waals surface area (Å²) in [5.74, 6) is -0.588. The Kier molecular flexibility index (Phi) is 3.73. The number of nitrogens with zero attached hydrogens (tertiary/aromatic N) is 1. The van der Waals surface area contributed by atoms with Gasteiger partial charge in [0, 0.05) is 25.3 Å². The van der Waals surface area contributed by atoms with Crippen LogP contribution in [0.15, 0.2) is 18.2 Å². The van der Waals surface area contributed by atoms with Crippen LogP contribution in [0.5, 0.6) is 5.75 Å². The van der Waals surface area contributed by atoms with Gasteiger partial charge in [0.05, 0.1) is 7.11 Å². The largest absolute Gasteiger partial charge is 0.496 e. The van der Waals surface area contributed by atoms with Crippen LogP contribution in [0.1, 0.15) is 11.6 Å². The third-order valence-electron chi connectivity index (χ3n) is 2.33. The second-order valence-corrected chi connectivity index (χ2v) is 3.64. The van der Waals surface area contributed by atoms with Gasteiger partial charge in [0.2, 0.25) is 0 Å². The highest BCUT2D eigenvalue weighted by Gasteiger charge is 2.19. The summed E-state index contributed by atoms with van der Waals surface area (Å²) < 4.78 is 5.09. The zero-order chi connectivity index (χ0) is 12.3. The molecule has 1 aromatic carbocycles. The summed E-state index contributed by atoms with van der Waals surface area (Å²) in [6.07, 6.45) is 0. The molecule has 0 bridgehead atoms. The molecule has 0 aromatic heterocycles. The molecule has 5 heteroatoms. The molecule has 0 radical (unpaired) electrons. The summed E-state index contributed by atoms with van der Waals surface area (Å²) in [6, 6.07) is 4.21. The summed E-state index contributed by atoms with van der Waals surface area (Å²) in [6.45, 7) is 0. The Labute approximate surface area is 94.4 Å². The van der Waals surface area contributed by atoms with E-state index in [2.05, 4.69) is 0 Å². The fourth-order valence-corrected chi connectivity index (χ4v) is 1.38. The van der Waals surface area contributed by atoms with Crippen molar-refractivity contribution in [3.05, 3.63) is 23.8 Å². The molecule has 1 unspecified atom stereocenters. The number of hydrogen-bond donors (Lipinski definition) is 2. The summed E-state index contributed by atoms with van der Waals surface area (Å²) in [4.78, 5) is 12.7. The zero-order valence-electron chi connectivity index (χ0n) is 9.60.